The summed E-state index contributed by atoms with van der Waals surface area (Å²) in [7, 11) is 0. The van der Waals surface area contributed by atoms with Gasteiger partial charge in [-0.1, -0.05) is 0 Å². The molecule has 1 aromatic rings. The number of carboxylic acid groups (broad SMARTS) is 1. The summed E-state index contributed by atoms with van der Waals surface area (Å²) >= 11 is 0. The zero-order chi connectivity index (χ0) is 11.3. The first-order valence-corrected chi connectivity index (χ1v) is 4.39. The largest absolute Gasteiger partial charge is 0.465 e. The lowest BCUT2D eigenvalue weighted by Crippen LogP contribution is -2.38. The van der Waals surface area contributed by atoms with E-state index in [9.17, 15) is 9.59 Å². The summed E-state index contributed by atoms with van der Waals surface area (Å²) in [4.78, 5) is 23.7. The molecule has 0 bridgehead atoms. The van der Waals surface area contributed by atoms with Crippen LogP contribution in [0.15, 0.2) is 23.1 Å². The van der Waals surface area contributed by atoms with Crippen LogP contribution >= 0.6 is 0 Å². The monoisotopic (exact) mass is 212 g/mol. The number of hydrogen-bond acceptors (Lipinski definition) is 3. The first-order chi connectivity index (χ1) is 7.11. The second-order valence-electron chi connectivity index (χ2n) is 3.09. The number of nitrogens with one attached hydrogen (secondary N) is 2. The number of carbonyl (C=O) groups is 1. The van der Waals surface area contributed by atoms with Crippen molar-refractivity contribution < 1.29 is 15.0 Å². The van der Waals surface area contributed by atoms with Crippen LogP contribution in [0, 0.1) is 0 Å². The minimum Gasteiger partial charge on any atom is -0.465 e. The Balaban J connectivity index is 2.66. The third-order valence-corrected chi connectivity index (χ3v) is 1.87. The van der Waals surface area contributed by atoms with Crippen LogP contribution in [0.2, 0.25) is 0 Å². The molecule has 1 atom stereocenters. The van der Waals surface area contributed by atoms with Gasteiger partial charge in [-0.05, 0) is 18.1 Å². The zero-order valence-corrected chi connectivity index (χ0v) is 7.93. The number of aromatic nitrogens is 1. The van der Waals surface area contributed by atoms with E-state index in [1.165, 1.54) is 12.3 Å². The normalized spacial score (nSPS) is 12.1. The molecule has 6 heteroatoms. The zero-order valence-electron chi connectivity index (χ0n) is 7.93. The van der Waals surface area contributed by atoms with Crippen LogP contribution in [0.3, 0.4) is 0 Å². The Hall–Kier alpha value is -1.82. The summed E-state index contributed by atoms with van der Waals surface area (Å²) in [6.45, 7) is -0.306. The van der Waals surface area contributed by atoms with Gasteiger partial charge in [0.15, 0.2) is 0 Å². The predicted octanol–water partition coefficient (Wildman–Crippen LogP) is -0.454. The lowest BCUT2D eigenvalue weighted by Gasteiger charge is -2.13. The number of pyridine rings is 1. The maximum atomic E-state index is 10.9. The minimum atomic E-state index is -1.20. The van der Waals surface area contributed by atoms with Crippen molar-refractivity contribution in [3.8, 4) is 0 Å². The molecule has 0 aliphatic carbocycles. The van der Waals surface area contributed by atoms with Crippen LogP contribution in [0.25, 0.3) is 0 Å². The number of H-pyrrole nitrogens is 1. The van der Waals surface area contributed by atoms with Gasteiger partial charge in [-0.2, -0.15) is 0 Å². The van der Waals surface area contributed by atoms with E-state index in [2.05, 4.69) is 10.3 Å². The number of aliphatic hydroxyl groups excluding tert-OH is 1. The molecule has 0 fully saturated rings. The molecule has 1 aromatic heterocycles. The highest BCUT2D eigenvalue weighted by molar-refractivity contribution is 5.64. The van der Waals surface area contributed by atoms with Crippen LogP contribution in [-0.4, -0.2) is 33.9 Å². The summed E-state index contributed by atoms with van der Waals surface area (Å²) in [5.74, 6) is 0. The average Bonchev–Trinajstić information content (AvgIpc) is 2.16. The van der Waals surface area contributed by atoms with Crippen LogP contribution in [0.1, 0.15) is 5.56 Å². The molecule has 0 aliphatic heterocycles. The molecule has 0 saturated heterocycles. The van der Waals surface area contributed by atoms with Crippen LogP contribution in [0.4, 0.5) is 4.79 Å². The van der Waals surface area contributed by atoms with Gasteiger partial charge in [-0.25, -0.2) is 4.79 Å². The maximum absolute atomic E-state index is 10.9. The fourth-order valence-electron chi connectivity index (χ4n) is 1.24. The highest BCUT2D eigenvalue weighted by Crippen LogP contribution is 1.99. The van der Waals surface area contributed by atoms with Crippen molar-refractivity contribution in [3.05, 3.63) is 34.2 Å². The second-order valence-corrected chi connectivity index (χ2v) is 3.09. The van der Waals surface area contributed by atoms with Crippen LogP contribution < -0.4 is 10.9 Å². The molecule has 15 heavy (non-hydrogen) atoms. The van der Waals surface area contributed by atoms with E-state index in [-0.39, 0.29) is 18.6 Å². The summed E-state index contributed by atoms with van der Waals surface area (Å²) in [6.07, 6.45) is 0.568. The highest BCUT2D eigenvalue weighted by Gasteiger charge is 2.10. The Labute approximate surface area is 85.6 Å². The van der Waals surface area contributed by atoms with Gasteiger partial charge < -0.3 is 20.5 Å². The van der Waals surface area contributed by atoms with E-state index >= 15 is 0 Å². The third-order valence-electron chi connectivity index (χ3n) is 1.87. The van der Waals surface area contributed by atoms with Crippen molar-refractivity contribution in [2.45, 2.75) is 12.5 Å². The number of aromatic amines is 1. The smallest absolute Gasteiger partial charge is 0.404 e. The number of amides is 1. The van der Waals surface area contributed by atoms with Crippen molar-refractivity contribution in [1.82, 2.24) is 10.3 Å². The lowest BCUT2D eigenvalue weighted by atomic mass is 10.1. The highest BCUT2D eigenvalue weighted by atomic mass is 16.4. The molecule has 4 N–H and O–H groups in total. The molecule has 6 nitrogen and oxygen atoms in total. The Morgan fingerprint density at radius 2 is 2.33 bits per heavy atom. The van der Waals surface area contributed by atoms with Crippen molar-refractivity contribution in [2.75, 3.05) is 6.61 Å². The number of hydrogen-bond donors (Lipinski definition) is 4. The first-order valence-electron chi connectivity index (χ1n) is 4.39. The molecular weight excluding hydrogens is 200 g/mol. The SMILES string of the molecule is O=C(O)N[C@@H](CO)Cc1cc[nH]c(=O)c1. The van der Waals surface area contributed by atoms with E-state index in [1.807, 2.05) is 0 Å². The summed E-state index contributed by atoms with van der Waals surface area (Å²) in [6, 6.07) is 2.43. The standard InChI is InChI=1S/C9H12N2O4/c12-5-7(11-9(14)15)3-6-1-2-10-8(13)4-6/h1-2,4,7,11-12H,3,5H2,(H,10,13)(H,14,15)/t7-/m1/s1. The van der Waals surface area contributed by atoms with E-state index in [0.717, 1.165) is 0 Å². The van der Waals surface area contributed by atoms with E-state index < -0.39 is 12.1 Å². The van der Waals surface area contributed by atoms with Gasteiger partial charge in [0.1, 0.15) is 0 Å². The molecule has 0 aromatic carbocycles. The predicted molar refractivity (Wildman–Crippen MR) is 52.8 cm³/mol. The minimum absolute atomic E-state index is 0.250. The third kappa shape index (κ3) is 3.82. The number of aliphatic hydroxyl groups is 1. The fourth-order valence-corrected chi connectivity index (χ4v) is 1.24. The molecule has 0 aliphatic rings. The first kappa shape index (κ1) is 11.3. The van der Waals surface area contributed by atoms with Crippen molar-refractivity contribution >= 4 is 6.09 Å². The summed E-state index contributed by atoms with van der Waals surface area (Å²) in [5.41, 5.74) is 0.422. The Kier molecular flexibility index (Phi) is 3.87. The van der Waals surface area contributed by atoms with Gasteiger partial charge in [-0.3, -0.25) is 4.79 Å². The van der Waals surface area contributed by atoms with Gasteiger partial charge >= 0.3 is 6.09 Å². The molecule has 0 unspecified atom stereocenters. The lowest BCUT2D eigenvalue weighted by molar-refractivity contribution is 0.177. The van der Waals surface area contributed by atoms with Crippen LogP contribution in [-0.2, 0) is 6.42 Å². The molecule has 0 saturated carbocycles. The van der Waals surface area contributed by atoms with Crippen molar-refractivity contribution in [3.63, 3.8) is 0 Å². The molecule has 0 radical (unpaired) electrons. The Morgan fingerprint density at radius 1 is 1.60 bits per heavy atom. The Bertz CT molecular complexity index is 388. The topological polar surface area (TPSA) is 102 Å². The Morgan fingerprint density at radius 3 is 2.87 bits per heavy atom. The van der Waals surface area contributed by atoms with Gasteiger partial charge in [-0.15, -0.1) is 0 Å². The van der Waals surface area contributed by atoms with Gasteiger partial charge in [0.2, 0.25) is 5.56 Å². The van der Waals surface area contributed by atoms with E-state index in [1.54, 1.807) is 6.07 Å². The molecular formula is C9H12N2O4. The van der Waals surface area contributed by atoms with Crippen LogP contribution in [0.5, 0.6) is 0 Å². The number of rotatable bonds is 4. The fraction of sp³-hybridized carbons (Fsp3) is 0.333. The maximum Gasteiger partial charge on any atom is 0.404 e. The van der Waals surface area contributed by atoms with Gasteiger partial charge in [0, 0.05) is 12.3 Å². The summed E-state index contributed by atoms with van der Waals surface area (Å²) < 4.78 is 0. The average molecular weight is 212 g/mol. The molecule has 1 heterocycles. The van der Waals surface area contributed by atoms with Crippen molar-refractivity contribution in [2.24, 2.45) is 0 Å². The molecule has 1 amide bonds. The molecule has 1 rings (SSSR count). The second kappa shape index (κ2) is 5.16. The molecule has 82 valence electrons. The van der Waals surface area contributed by atoms with Gasteiger partial charge in [0.05, 0.1) is 12.6 Å². The van der Waals surface area contributed by atoms with Crippen molar-refractivity contribution in [1.29, 1.82) is 0 Å². The quantitative estimate of drug-likeness (QED) is 0.542. The summed E-state index contributed by atoms with van der Waals surface area (Å²) in [5, 5.41) is 19.5. The molecule has 0 spiro atoms. The van der Waals surface area contributed by atoms with Gasteiger partial charge in [0.25, 0.3) is 0 Å². The van der Waals surface area contributed by atoms with E-state index in [4.69, 9.17) is 10.2 Å². The van der Waals surface area contributed by atoms with E-state index in [0.29, 0.717) is 5.56 Å².